The van der Waals surface area contributed by atoms with E-state index in [1.807, 2.05) is 60.7 Å². The van der Waals surface area contributed by atoms with Crippen LogP contribution in [0.5, 0.6) is 11.5 Å². The molecule has 148 valence electrons. The molecule has 0 fully saturated rings. The van der Waals surface area contributed by atoms with Crippen molar-refractivity contribution in [3.8, 4) is 17.2 Å². The van der Waals surface area contributed by atoms with Gasteiger partial charge in [-0.1, -0.05) is 42.1 Å². The molecule has 0 radical (unpaired) electrons. The molecule has 1 aromatic heterocycles. The maximum absolute atomic E-state index is 10.3. The molecule has 7 nitrogen and oxygen atoms in total. The number of methoxy groups -OCH3 is 1. The van der Waals surface area contributed by atoms with Gasteiger partial charge in [0.1, 0.15) is 18.1 Å². The van der Waals surface area contributed by atoms with Gasteiger partial charge in [-0.05, 0) is 57.6 Å². The second-order valence-electron chi connectivity index (χ2n) is 6.36. The predicted octanol–water partition coefficient (Wildman–Crippen LogP) is 3.36. The Bertz CT molecular complexity index is 1080. The SMILES string of the molecule is COc1ccc(-n2nnnc2SCC(O)COc2ccc3ccccc3c2)cc1. The molecule has 1 unspecified atom stereocenters. The lowest BCUT2D eigenvalue weighted by Gasteiger charge is -2.12. The number of aliphatic hydroxyl groups excluding tert-OH is 1. The van der Waals surface area contributed by atoms with Crippen LogP contribution in [-0.2, 0) is 0 Å². The maximum atomic E-state index is 10.3. The van der Waals surface area contributed by atoms with E-state index in [1.54, 1.807) is 11.8 Å². The topological polar surface area (TPSA) is 82.3 Å². The van der Waals surface area contributed by atoms with E-state index >= 15 is 0 Å². The lowest BCUT2D eigenvalue weighted by atomic mass is 10.1. The first-order valence-corrected chi connectivity index (χ1v) is 10.1. The molecule has 0 aliphatic rings. The van der Waals surface area contributed by atoms with Crippen LogP contribution in [0, 0.1) is 0 Å². The Balaban J connectivity index is 1.33. The van der Waals surface area contributed by atoms with E-state index in [-0.39, 0.29) is 6.61 Å². The van der Waals surface area contributed by atoms with E-state index in [0.29, 0.717) is 10.9 Å². The fraction of sp³-hybridized carbons (Fsp3) is 0.190. The Labute approximate surface area is 172 Å². The molecule has 29 heavy (non-hydrogen) atoms. The van der Waals surface area contributed by atoms with Crippen molar-refractivity contribution in [3.63, 3.8) is 0 Å². The van der Waals surface area contributed by atoms with Gasteiger partial charge < -0.3 is 14.6 Å². The fourth-order valence-electron chi connectivity index (χ4n) is 2.82. The van der Waals surface area contributed by atoms with Crippen LogP contribution in [0.2, 0.25) is 0 Å². The zero-order valence-electron chi connectivity index (χ0n) is 15.8. The van der Waals surface area contributed by atoms with Crippen molar-refractivity contribution in [1.29, 1.82) is 0 Å². The Morgan fingerprint density at radius 2 is 1.76 bits per heavy atom. The van der Waals surface area contributed by atoms with E-state index < -0.39 is 6.10 Å². The average Bonchev–Trinajstić information content (AvgIpc) is 3.25. The molecule has 0 spiro atoms. The number of fused-ring (bicyclic) bond motifs is 1. The summed E-state index contributed by atoms with van der Waals surface area (Å²) in [7, 11) is 1.62. The Morgan fingerprint density at radius 1 is 1.00 bits per heavy atom. The summed E-state index contributed by atoms with van der Waals surface area (Å²) < 4.78 is 12.5. The quantitative estimate of drug-likeness (QED) is 0.448. The normalized spacial score (nSPS) is 12.1. The molecule has 4 aromatic rings. The van der Waals surface area contributed by atoms with Crippen LogP contribution in [0.1, 0.15) is 0 Å². The number of thioether (sulfide) groups is 1. The first-order chi connectivity index (χ1) is 14.2. The number of nitrogens with zero attached hydrogens (tertiary/aromatic N) is 4. The van der Waals surface area contributed by atoms with Crippen LogP contribution >= 0.6 is 11.8 Å². The van der Waals surface area contributed by atoms with Gasteiger partial charge in [0.2, 0.25) is 5.16 Å². The van der Waals surface area contributed by atoms with E-state index in [4.69, 9.17) is 9.47 Å². The highest BCUT2D eigenvalue weighted by Crippen LogP contribution is 2.23. The third-order valence-corrected chi connectivity index (χ3v) is 5.39. The number of hydrogen-bond acceptors (Lipinski definition) is 7. The van der Waals surface area contributed by atoms with Crippen molar-refractivity contribution in [2.75, 3.05) is 19.5 Å². The number of aliphatic hydroxyl groups is 1. The lowest BCUT2D eigenvalue weighted by Crippen LogP contribution is -2.20. The highest BCUT2D eigenvalue weighted by Gasteiger charge is 2.13. The predicted molar refractivity (Wildman–Crippen MR) is 112 cm³/mol. The standard InChI is InChI=1S/C21H20N4O3S/c1-27-19-10-7-17(8-11-19)25-21(22-23-24-25)29-14-18(26)13-28-20-9-6-15-4-2-3-5-16(15)12-20/h2-12,18,26H,13-14H2,1H3. The van der Waals surface area contributed by atoms with Crippen LogP contribution in [0.4, 0.5) is 0 Å². The Morgan fingerprint density at radius 3 is 2.55 bits per heavy atom. The molecule has 1 atom stereocenters. The van der Waals surface area contributed by atoms with E-state index in [9.17, 15) is 5.11 Å². The van der Waals surface area contributed by atoms with Crippen molar-refractivity contribution in [2.24, 2.45) is 0 Å². The molecule has 8 heteroatoms. The average molecular weight is 408 g/mol. The van der Waals surface area contributed by atoms with Crippen molar-refractivity contribution in [1.82, 2.24) is 20.2 Å². The number of aromatic nitrogens is 4. The summed E-state index contributed by atoms with van der Waals surface area (Å²) in [5.41, 5.74) is 0.820. The summed E-state index contributed by atoms with van der Waals surface area (Å²) in [6.07, 6.45) is -0.660. The van der Waals surface area contributed by atoms with Crippen LogP contribution in [0.25, 0.3) is 16.5 Å². The van der Waals surface area contributed by atoms with Gasteiger partial charge >= 0.3 is 0 Å². The molecule has 1 heterocycles. The largest absolute Gasteiger partial charge is 0.497 e. The Hall–Kier alpha value is -3.10. The number of rotatable bonds is 8. The highest BCUT2D eigenvalue weighted by atomic mass is 32.2. The summed E-state index contributed by atoms with van der Waals surface area (Å²) in [5.74, 6) is 1.90. The van der Waals surface area contributed by atoms with Crippen molar-refractivity contribution in [2.45, 2.75) is 11.3 Å². The summed E-state index contributed by atoms with van der Waals surface area (Å²) in [6, 6.07) is 21.4. The van der Waals surface area contributed by atoms with Gasteiger partial charge in [-0.15, -0.1) is 5.10 Å². The zero-order valence-corrected chi connectivity index (χ0v) is 16.6. The molecule has 0 saturated heterocycles. The highest BCUT2D eigenvalue weighted by molar-refractivity contribution is 7.99. The number of tetrazole rings is 1. The van der Waals surface area contributed by atoms with Crippen molar-refractivity contribution in [3.05, 3.63) is 66.7 Å². The minimum absolute atomic E-state index is 0.190. The second kappa shape index (κ2) is 8.93. The van der Waals surface area contributed by atoms with Crippen molar-refractivity contribution >= 4 is 22.5 Å². The summed E-state index contributed by atoms with van der Waals surface area (Å²) in [5, 5.41) is 25.0. The van der Waals surface area contributed by atoms with Gasteiger partial charge in [-0.3, -0.25) is 0 Å². The van der Waals surface area contributed by atoms with E-state index in [2.05, 4.69) is 21.6 Å². The molecule has 3 aromatic carbocycles. The first-order valence-electron chi connectivity index (χ1n) is 9.08. The number of hydrogen-bond donors (Lipinski definition) is 1. The summed E-state index contributed by atoms with van der Waals surface area (Å²) in [6.45, 7) is 0.190. The van der Waals surface area contributed by atoms with Crippen LogP contribution in [0.3, 0.4) is 0 Å². The molecular formula is C21H20N4O3S. The lowest BCUT2D eigenvalue weighted by molar-refractivity contribution is 0.126. The van der Waals surface area contributed by atoms with Crippen LogP contribution in [-0.4, -0.2) is 50.9 Å². The molecule has 0 amide bonds. The van der Waals surface area contributed by atoms with Crippen molar-refractivity contribution < 1.29 is 14.6 Å². The van der Waals surface area contributed by atoms with E-state index in [0.717, 1.165) is 28.0 Å². The minimum atomic E-state index is -0.660. The smallest absolute Gasteiger partial charge is 0.214 e. The molecule has 0 aliphatic heterocycles. The van der Waals surface area contributed by atoms with Gasteiger partial charge in [0, 0.05) is 5.75 Å². The molecule has 0 bridgehead atoms. The number of ether oxygens (including phenoxy) is 2. The zero-order chi connectivity index (χ0) is 20.1. The number of benzene rings is 3. The summed E-state index contributed by atoms with van der Waals surface area (Å²) >= 11 is 1.37. The van der Waals surface area contributed by atoms with Gasteiger partial charge in [-0.25, -0.2) is 0 Å². The Kier molecular flexibility index (Phi) is 5.92. The monoisotopic (exact) mass is 408 g/mol. The third-order valence-electron chi connectivity index (χ3n) is 4.33. The maximum Gasteiger partial charge on any atom is 0.214 e. The minimum Gasteiger partial charge on any atom is -0.497 e. The first kappa shape index (κ1) is 19.2. The molecular weight excluding hydrogens is 388 g/mol. The van der Waals surface area contributed by atoms with E-state index in [1.165, 1.54) is 11.8 Å². The van der Waals surface area contributed by atoms with Gasteiger partial charge in [0.25, 0.3) is 0 Å². The van der Waals surface area contributed by atoms with Gasteiger partial charge in [0.15, 0.2) is 0 Å². The van der Waals surface area contributed by atoms with Crippen LogP contribution < -0.4 is 9.47 Å². The molecule has 1 N–H and O–H groups in total. The van der Waals surface area contributed by atoms with Crippen LogP contribution in [0.15, 0.2) is 71.9 Å². The molecule has 0 aliphatic carbocycles. The third kappa shape index (κ3) is 4.67. The summed E-state index contributed by atoms with van der Waals surface area (Å²) in [4.78, 5) is 0. The second-order valence-corrected chi connectivity index (χ2v) is 7.34. The fourth-order valence-corrected chi connectivity index (χ4v) is 3.62. The molecule has 0 saturated carbocycles. The van der Waals surface area contributed by atoms with Gasteiger partial charge in [-0.2, -0.15) is 4.68 Å². The molecule has 4 rings (SSSR count). The van der Waals surface area contributed by atoms with Gasteiger partial charge in [0.05, 0.1) is 18.9 Å².